The fourth-order valence-corrected chi connectivity index (χ4v) is 3.53. The van der Waals surface area contributed by atoms with Gasteiger partial charge in [0, 0.05) is 6.04 Å². The molecule has 146 valence electrons. The second-order valence-electron chi connectivity index (χ2n) is 8.32. The van der Waals surface area contributed by atoms with Gasteiger partial charge in [0.25, 0.3) is 0 Å². The summed E-state index contributed by atoms with van der Waals surface area (Å²) < 4.78 is 19.9. The van der Waals surface area contributed by atoms with E-state index in [1.54, 1.807) is 27.7 Å². The average Bonchev–Trinajstić information content (AvgIpc) is 3.27. The molecule has 3 atom stereocenters. The molecule has 1 heterocycles. The molecule has 1 N–H and O–H groups in total. The lowest BCUT2D eigenvalue weighted by Gasteiger charge is -2.29. The number of nitrogens with one attached hydrogen (secondary N) is 1. The zero-order valence-corrected chi connectivity index (χ0v) is 16.3. The maximum Gasteiger partial charge on any atom is 0.411 e. The highest BCUT2D eigenvalue weighted by atomic mass is 19.1. The third kappa shape index (κ3) is 4.49. The third-order valence-electron chi connectivity index (χ3n) is 5.04. The Hall–Kier alpha value is -2.37. The summed E-state index contributed by atoms with van der Waals surface area (Å²) in [6.45, 7) is 6.90. The molecular formula is C21H27FN2O3. The van der Waals surface area contributed by atoms with Crippen molar-refractivity contribution in [2.45, 2.75) is 58.2 Å². The van der Waals surface area contributed by atoms with Crippen LogP contribution in [0.3, 0.4) is 0 Å². The number of amides is 2. The SMILES string of the molecule is C/C(=C(\F)CNC(=O)[C@@H]1C[C@H]2C[C@H]2N1C(=O)OC(C)(C)C)c1ccccc1. The van der Waals surface area contributed by atoms with Crippen LogP contribution in [0.5, 0.6) is 0 Å². The maximum absolute atomic E-state index is 14.5. The third-order valence-corrected chi connectivity index (χ3v) is 5.04. The van der Waals surface area contributed by atoms with Gasteiger partial charge in [0.1, 0.15) is 17.5 Å². The molecule has 1 saturated heterocycles. The van der Waals surface area contributed by atoms with E-state index in [1.165, 1.54) is 4.90 Å². The van der Waals surface area contributed by atoms with E-state index < -0.39 is 17.7 Å². The lowest BCUT2D eigenvalue weighted by atomic mass is 10.1. The van der Waals surface area contributed by atoms with E-state index >= 15 is 0 Å². The Morgan fingerprint density at radius 2 is 1.89 bits per heavy atom. The molecule has 1 saturated carbocycles. The second kappa shape index (κ2) is 7.33. The Bertz CT molecular complexity index is 754. The van der Waals surface area contributed by atoms with Crippen molar-refractivity contribution in [3.05, 3.63) is 41.7 Å². The Morgan fingerprint density at radius 3 is 2.52 bits per heavy atom. The highest BCUT2D eigenvalue weighted by molar-refractivity contribution is 5.87. The quantitative estimate of drug-likeness (QED) is 0.870. The fourth-order valence-electron chi connectivity index (χ4n) is 3.53. The van der Waals surface area contributed by atoms with Gasteiger partial charge in [-0.05, 0) is 57.6 Å². The van der Waals surface area contributed by atoms with Crippen LogP contribution in [0.15, 0.2) is 36.2 Å². The number of benzene rings is 1. The molecule has 0 radical (unpaired) electrons. The van der Waals surface area contributed by atoms with Crippen molar-refractivity contribution >= 4 is 17.6 Å². The van der Waals surface area contributed by atoms with Crippen LogP contribution in [0.2, 0.25) is 0 Å². The smallest absolute Gasteiger partial charge is 0.411 e. The monoisotopic (exact) mass is 374 g/mol. The summed E-state index contributed by atoms with van der Waals surface area (Å²) in [5.74, 6) is -0.370. The largest absolute Gasteiger partial charge is 0.444 e. The Labute approximate surface area is 159 Å². The number of fused-ring (bicyclic) bond motifs is 1. The number of ether oxygens (including phenoxy) is 1. The van der Waals surface area contributed by atoms with Crippen LogP contribution in [0.4, 0.5) is 9.18 Å². The molecule has 1 aromatic rings. The van der Waals surface area contributed by atoms with Crippen LogP contribution < -0.4 is 5.32 Å². The number of nitrogens with zero attached hydrogens (tertiary/aromatic N) is 1. The highest BCUT2D eigenvalue weighted by Gasteiger charge is 2.57. The van der Waals surface area contributed by atoms with Gasteiger partial charge in [-0.1, -0.05) is 30.3 Å². The molecule has 6 heteroatoms. The summed E-state index contributed by atoms with van der Waals surface area (Å²) in [4.78, 5) is 26.6. The summed E-state index contributed by atoms with van der Waals surface area (Å²) in [7, 11) is 0. The molecule has 2 amide bonds. The van der Waals surface area contributed by atoms with E-state index in [-0.39, 0.29) is 24.3 Å². The van der Waals surface area contributed by atoms with Gasteiger partial charge < -0.3 is 10.1 Å². The van der Waals surface area contributed by atoms with E-state index in [0.717, 1.165) is 12.0 Å². The molecule has 0 aromatic heterocycles. The Kier molecular flexibility index (Phi) is 5.27. The van der Waals surface area contributed by atoms with Gasteiger partial charge in [0.2, 0.25) is 5.91 Å². The van der Waals surface area contributed by atoms with Gasteiger partial charge in [0.15, 0.2) is 0 Å². The topological polar surface area (TPSA) is 58.6 Å². The standard InChI is InChI=1S/C21H27FN2O3/c1-13(14-8-6-5-7-9-14)16(22)12-23-19(25)18-11-15-10-17(15)24(18)20(26)27-21(2,3)4/h5-9,15,17-18H,10-12H2,1-4H3,(H,23,25)/b16-13+/t15-,17-,18+/m1/s1. The summed E-state index contributed by atoms with van der Waals surface area (Å²) in [6.07, 6.45) is 1.05. The first-order chi connectivity index (χ1) is 12.7. The first-order valence-electron chi connectivity index (χ1n) is 9.37. The molecule has 2 aliphatic rings. The minimum Gasteiger partial charge on any atom is -0.444 e. The zero-order chi connectivity index (χ0) is 19.8. The van der Waals surface area contributed by atoms with Crippen molar-refractivity contribution in [1.29, 1.82) is 0 Å². The molecule has 3 rings (SSSR count). The normalized spacial score (nSPS) is 24.8. The van der Waals surface area contributed by atoms with Gasteiger partial charge >= 0.3 is 6.09 Å². The lowest BCUT2D eigenvalue weighted by Crippen LogP contribution is -2.49. The number of halogens is 1. The number of rotatable bonds is 4. The number of hydrogen-bond donors (Lipinski definition) is 1. The fraction of sp³-hybridized carbons (Fsp3) is 0.524. The van der Waals surface area contributed by atoms with Crippen molar-refractivity contribution in [2.75, 3.05) is 6.54 Å². The average molecular weight is 374 g/mol. The molecule has 1 aliphatic carbocycles. The zero-order valence-electron chi connectivity index (χ0n) is 16.3. The van der Waals surface area contributed by atoms with E-state index in [9.17, 15) is 14.0 Å². The van der Waals surface area contributed by atoms with E-state index in [2.05, 4.69) is 5.32 Å². The molecule has 0 bridgehead atoms. The van der Waals surface area contributed by atoms with Crippen molar-refractivity contribution in [3.63, 3.8) is 0 Å². The first kappa shape index (κ1) is 19.4. The number of carbonyl (C=O) groups excluding carboxylic acids is 2. The molecule has 27 heavy (non-hydrogen) atoms. The van der Waals surface area contributed by atoms with Crippen molar-refractivity contribution in [1.82, 2.24) is 10.2 Å². The second-order valence-corrected chi connectivity index (χ2v) is 8.32. The molecule has 0 spiro atoms. The van der Waals surface area contributed by atoms with Gasteiger partial charge in [-0.15, -0.1) is 0 Å². The molecular weight excluding hydrogens is 347 g/mol. The lowest BCUT2D eigenvalue weighted by molar-refractivity contribution is -0.125. The number of piperidine rings is 1. The Morgan fingerprint density at radius 1 is 1.22 bits per heavy atom. The number of carbonyl (C=O) groups is 2. The predicted octanol–water partition coefficient (Wildman–Crippen LogP) is 3.90. The predicted molar refractivity (Wildman–Crippen MR) is 102 cm³/mol. The molecule has 5 nitrogen and oxygen atoms in total. The minimum atomic E-state index is -0.618. The van der Waals surface area contributed by atoms with Crippen LogP contribution in [-0.2, 0) is 9.53 Å². The van der Waals surface area contributed by atoms with Crippen LogP contribution in [-0.4, -0.2) is 41.1 Å². The summed E-state index contributed by atoms with van der Waals surface area (Å²) >= 11 is 0. The van der Waals surface area contributed by atoms with Crippen molar-refractivity contribution < 1.29 is 18.7 Å². The van der Waals surface area contributed by atoms with Gasteiger partial charge in [-0.3, -0.25) is 9.69 Å². The number of likely N-dealkylation sites (tertiary alicyclic amines) is 1. The van der Waals surface area contributed by atoms with Gasteiger partial charge in [0.05, 0.1) is 6.54 Å². The Balaban J connectivity index is 1.63. The molecule has 1 aliphatic heterocycles. The van der Waals surface area contributed by atoms with E-state index in [1.807, 2.05) is 30.3 Å². The minimum absolute atomic E-state index is 0.0713. The van der Waals surface area contributed by atoms with Gasteiger partial charge in [-0.2, -0.15) is 0 Å². The highest BCUT2D eigenvalue weighted by Crippen LogP contribution is 2.48. The van der Waals surface area contributed by atoms with E-state index in [0.29, 0.717) is 17.9 Å². The van der Waals surface area contributed by atoms with E-state index in [4.69, 9.17) is 4.74 Å². The van der Waals surface area contributed by atoms with Crippen LogP contribution >= 0.6 is 0 Å². The summed E-state index contributed by atoms with van der Waals surface area (Å²) in [6, 6.07) is 8.68. The summed E-state index contributed by atoms with van der Waals surface area (Å²) in [5, 5.41) is 2.64. The summed E-state index contributed by atoms with van der Waals surface area (Å²) in [5.41, 5.74) is 0.656. The van der Waals surface area contributed by atoms with Crippen LogP contribution in [0, 0.1) is 5.92 Å². The van der Waals surface area contributed by atoms with Crippen LogP contribution in [0.1, 0.15) is 46.1 Å². The molecule has 1 aromatic carbocycles. The molecule has 0 unspecified atom stereocenters. The number of hydrogen-bond acceptors (Lipinski definition) is 3. The number of allylic oxidation sites excluding steroid dienone is 1. The van der Waals surface area contributed by atoms with Crippen molar-refractivity contribution in [3.8, 4) is 0 Å². The maximum atomic E-state index is 14.5. The van der Waals surface area contributed by atoms with Crippen molar-refractivity contribution in [2.24, 2.45) is 5.92 Å². The molecule has 2 fully saturated rings. The van der Waals surface area contributed by atoms with Gasteiger partial charge in [-0.25, -0.2) is 9.18 Å². The first-order valence-corrected chi connectivity index (χ1v) is 9.37. The van der Waals surface area contributed by atoms with Crippen LogP contribution in [0.25, 0.3) is 5.57 Å².